The van der Waals surface area contributed by atoms with Gasteiger partial charge in [0.2, 0.25) is 0 Å². The largest absolute Gasteiger partial charge is 0.468 e. The van der Waals surface area contributed by atoms with Crippen LogP contribution in [0.15, 0.2) is 30.3 Å². The first-order valence-electron chi connectivity index (χ1n) is 7.44. The normalized spacial score (nSPS) is 22.7. The molecule has 130 valence electrons. The number of likely N-dealkylation sites (N-methyl/N-ethyl adjacent to an activating group) is 1. The van der Waals surface area contributed by atoms with Crippen LogP contribution in [0, 0.1) is 5.41 Å². The van der Waals surface area contributed by atoms with Gasteiger partial charge in [-0.3, -0.25) is 19.3 Å². The van der Waals surface area contributed by atoms with Gasteiger partial charge in [-0.1, -0.05) is 30.3 Å². The fourth-order valence-corrected chi connectivity index (χ4v) is 3.54. The molecule has 0 amide bonds. The highest BCUT2D eigenvalue weighted by Gasteiger charge is 2.68. The van der Waals surface area contributed by atoms with Crippen molar-refractivity contribution in [2.45, 2.75) is 12.0 Å². The van der Waals surface area contributed by atoms with Crippen LogP contribution in [0.3, 0.4) is 0 Å². The second-order valence-electron chi connectivity index (χ2n) is 5.68. The Hall–Kier alpha value is -2.41. The molecule has 24 heavy (non-hydrogen) atoms. The summed E-state index contributed by atoms with van der Waals surface area (Å²) < 4.78 is 14.7. The molecule has 7 heteroatoms. The quantitative estimate of drug-likeness (QED) is 0.452. The van der Waals surface area contributed by atoms with Crippen molar-refractivity contribution in [3.63, 3.8) is 0 Å². The molecule has 1 heterocycles. The fraction of sp³-hybridized carbons (Fsp3) is 0.471. The summed E-state index contributed by atoms with van der Waals surface area (Å²) in [6, 6.07) is 7.92. The second kappa shape index (κ2) is 7.00. The molecule has 0 aliphatic carbocycles. The highest BCUT2D eigenvalue weighted by atomic mass is 16.6. The number of hydrogen-bond acceptors (Lipinski definition) is 7. The van der Waals surface area contributed by atoms with E-state index in [1.54, 1.807) is 36.2 Å². The van der Waals surface area contributed by atoms with E-state index in [2.05, 4.69) is 0 Å². The molecule has 1 aromatic rings. The van der Waals surface area contributed by atoms with Gasteiger partial charge in [0.15, 0.2) is 5.41 Å². The van der Waals surface area contributed by atoms with Crippen LogP contribution in [-0.4, -0.2) is 63.8 Å². The Labute approximate surface area is 140 Å². The van der Waals surface area contributed by atoms with Crippen LogP contribution >= 0.6 is 0 Å². The highest BCUT2D eigenvalue weighted by molar-refractivity contribution is 6.07. The lowest BCUT2D eigenvalue weighted by atomic mass is 9.70. The minimum atomic E-state index is -1.83. The van der Waals surface area contributed by atoms with E-state index < -0.39 is 35.3 Å². The Morgan fingerprint density at radius 3 is 2.00 bits per heavy atom. The number of esters is 3. The Kier molecular flexibility index (Phi) is 5.23. The number of hydrogen-bond donors (Lipinski definition) is 0. The van der Waals surface area contributed by atoms with Crippen LogP contribution in [0.5, 0.6) is 0 Å². The van der Waals surface area contributed by atoms with Crippen LogP contribution in [0.2, 0.25) is 0 Å². The maximum atomic E-state index is 12.7. The van der Waals surface area contributed by atoms with E-state index >= 15 is 0 Å². The number of carbonyl (C=O) groups excluding carboxylic acids is 3. The summed E-state index contributed by atoms with van der Waals surface area (Å²) in [6.07, 6.45) is 0. The number of methoxy groups -OCH3 is 3. The number of nitrogens with zero attached hydrogens (tertiary/aromatic N) is 1. The average Bonchev–Trinajstić information content (AvgIpc) is 2.94. The first kappa shape index (κ1) is 17.9. The van der Waals surface area contributed by atoms with E-state index in [0.717, 1.165) is 5.56 Å². The van der Waals surface area contributed by atoms with E-state index in [1.165, 1.54) is 21.3 Å². The summed E-state index contributed by atoms with van der Waals surface area (Å²) in [6.45, 7) is 0.300. The molecular weight excluding hydrogens is 314 g/mol. The van der Waals surface area contributed by atoms with Gasteiger partial charge in [-0.25, -0.2) is 0 Å². The number of carbonyl (C=O) groups is 3. The van der Waals surface area contributed by atoms with Gasteiger partial charge < -0.3 is 14.2 Å². The summed E-state index contributed by atoms with van der Waals surface area (Å²) in [5.74, 6) is -2.93. The van der Waals surface area contributed by atoms with Crippen molar-refractivity contribution in [2.24, 2.45) is 5.41 Å². The zero-order chi connectivity index (χ0) is 17.9. The maximum absolute atomic E-state index is 12.7. The molecule has 1 fully saturated rings. The first-order chi connectivity index (χ1) is 11.4. The minimum absolute atomic E-state index is 0.300. The topological polar surface area (TPSA) is 82.1 Å². The van der Waals surface area contributed by atoms with Crippen molar-refractivity contribution < 1.29 is 28.6 Å². The monoisotopic (exact) mass is 335 g/mol. The SMILES string of the molecule is COC(=O)C1N(C)C[C@@H](c2ccccc2)C1(C(=O)OC)C(=O)OC. The fourth-order valence-electron chi connectivity index (χ4n) is 3.54. The first-order valence-corrected chi connectivity index (χ1v) is 7.44. The summed E-state index contributed by atoms with van der Waals surface area (Å²) in [4.78, 5) is 39.5. The van der Waals surface area contributed by atoms with Crippen LogP contribution in [0.25, 0.3) is 0 Å². The molecule has 0 saturated carbocycles. The van der Waals surface area contributed by atoms with E-state index in [-0.39, 0.29) is 0 Å². The molecule has 1 aliphatic heterocycles. The number of likely N-dealkylation sites (tertiary alicyclic amines) is 1. The lowest BCUT2D eigenvalue weighted by Gasteiger charge is -2.33. The minimum Gasteiger partial charge on any atom is -0.468 e. The van der Waals surface area contributed by atoms with Gasteiger partial charge in [-0.15, -0.1) is 0 Å². The molecule has 2 atom stereocenters. The van der Waals surface area contributed by atoms with Crippen LogP contribution in [0.4, 0.5) is 0 Å². The molecule has 0 radical (unpaired) electrons. The summed E-state index contributed by atoms with van der Waals surface area (Å²) in [5, 5.41) is 0. The summed E-state index contributed by atoms with van der Waals surface area (Å²) in [7, 11) is 5.24. The van der Waals surface area contributed by atoms with E-state index in [4.69, 9.17) is 14.2 Å². The van der Waals surface area contributed by atoms with Gasteiger partial charge in [0, 0.05) is 12.5 Å². The van der Waals surface area contributed by atoms with Crippen molar-refractivity contribution >= 4 is 17.9 Å². The zero-order valence-corrected chi connectivity index (χ0v) is 14.1. The van der Waals surface area contributed by atoms with Gasteiger partial charge >= 0.3 is 17.9 Å². The Balaban J connectivity index is 2.71. The van der Waals surface area contributed by atoms with Gasteiger partial charge in [0.05, 0.1) is 21.3 Å². The maximum Gasteiger partial charge on any atom is 0.326 e. The predicted molar refractivity (Wildman–Crippen MR) is 84.1 cm³/mol. The molecule has 0 bridgehead atoms. The molecule has 1 aliphatic rings. The van der Waals surface area contributed by atoms with Crippen molar-refractivity contribution in [3.05, 3.63) is 35.9 Å². The van der Waals surface area contributed by atoms with Gasteiger partial charge in [0.25, 0.3) is 0 Å². The standard InChI is InChI=1S/C17H21NO6/c1-18-10-12(11-8-6-5-7-9-11)17(15(20)23-3,16(21)24-4)13(18)14(19)22-2/h5-9,12-13H,10H2,1-4H3/t12-,13?/m0/s1. The number of ether oxygens (including phenoxy) is 3. The molecule has 0 N–H and O–H groups in total. The third kappa shape index (κ3) is 2.54. The molecule has 1 saturated heterocycles. The molecule has 7 nitrogen and oxygen atoms in total. The van der Waals surface area contributed by atoms with Crippen molar-refractivity contribution in [3.8, 4) is 0 Å². The van der Waals surface area contributed by atoms with Crippen molar-refractivity contribution in [2.75, 3.05) is 34.9 Å². The van der Waals surface area contributed by atoms with Crippen LogP contribution in [-0.2, 0) is 28.6 Å². The second-order valence-corrected chi connectivity index (χ2v) is 5.68. The Morgan fingerprint density at radius 2 is 1.54 bits per heavy atom. The number of rotatable bonds is 4. The predicted octanol–water partition coefficient (Wildman–Crippen LogP) is 0.590. The third-order valence-corrected chi connectivity index (χ3v) is 4.56. The van der Waals surface area contributed by atoms with Crippen molar-refractivity contribution in [1.29, 1.82) is 0 Å². The van der Waals surface area contributed by atoms with E-state index in [9.17, 15) is 14.4 Å². The van der Waals surface area contributed by atoms with Gasteiger partial charge in [0.1, 0.15) is 6.04 Å². The average molecular weight is 335 g/mol. The molecule has 0 aromatic heterocycles. The van der Waals surface area contributed by atoms with Crippen LogP contribution < -0.4 is 0 Å². The molecular formula is C17H21NO6. The summed E-state index contributed by atoms with van der Waals surface area (Å²) >= 11 is 0. The van der Waals surface area contributed by atoms with Gasteiger partial charge in [-0.05, 0) is 12.6 Å². The lowest BCUT2D eigenvalue weighted by Crippen LogP contribution is -2.56. The van der Waals surface area contributed by atoms with Crippen LogP contribution in [0.1, 0.15) is 11.5 Å². The number of benzene rings is 1. The Bertz CT molecular complexity index is 613. The molecule has 0 spiro atoms. The highest BCUT2D eigenvalue weighted by Crippen LogP contribution is 2.49. The van der Waals surface area contributed by atoms with Crippen molar-refractivity contribution in [1.82, 2.24) is 4.90 Å². The Morgan fingerprint density at radius 1 is 1.00 bits per heavy atom. The lowest BCUT2D eigenvalue weighted by molar-refractivity contribution is -0.177. The van der Waals surface area contributed by atoms with Gasteiger partial charge in [-0.2, -0.15) is 0 Å². The molecule has 2 rings (SSSR count). The van der Waals surface area contributed by atoms with E-state index in [0.29, 0.717) is 6.54 Å². The smallest absolute Gasteiger partial charge is 0.326 e. The zero-order valence-electron chi connectivity index (χ0n) is 14.1. The molecule has 1 aromatic carbocycles. The summed E-state index contributed by atoms with van der Waals surface area (Å²) in [5.41, 5.74) is -1.08. The van der Waals surface area contributed by atoms with E-state index in [1.807, 2.05) is 6.07 Å². The third-order valence-electron chi connectivity index (χ3n) is 4.56. The molecule has 1 unspecified atom stereocenters.